The Kier molecular flexibility index (Phi) is 5.53. The fourth-order valence-electron chi connectivity index (χ4n) is 3.60. The van der Waals surface area contributed by atoms with Gasteiger partial charge in [0.15, 0.2) is 0 Å². The van der Waals surface area contributed by atoms with Gasteiger partial charge in [-0.1, -0.05) is 5.16 Å². The lowest BCUT2D eigenvalue weighted by atomic mass is 9.88. The molecule has 0 aromatic carbocycles. The molecule has 1 amide bonds. The van der Waals surface area contributed by atoms with E-state index in [0.29, 0.717) is 13.2 Å². The number of nitrogens with zero attached hydrogens (tertiary/aromatic N) is 2. The fraction of sp³-hybridized carbons (Fsp3) is 0.765. The molecule has 1 N–H and O–H groups in total. The van der Waals surface area contributed by atoms with E-state index in [-0.39, 0.29) is 17.6 Å². The lowest BCUT2D eigenvalue weighted by Crippen LogP contribution is -2.45. The summed E-state index contributed by atoms with van der Waals surface area (Å²) in [7, 11) is 1.63. The highest BCUT2D eigenvalue weighted by Crippen LogP contribution is 2.39. The number of hydrogen-bond donors (Lipinski definition) is 1. The monoisotopic (exact) mass is 337 g/mol. The number of hydrogen-bond acceptors (Lipinski definition) is 6. The van der Waals surface area contributed by atoms with E-state index in [1.165, 1.54) is 0 Å². The summed E-state index contributed by atoms with van der Waals surface area (Å²) in [4.78, 5) is 14.5. The molecule has 2 aliphatic rings. The Labute approximate surface area is 142 Å². The van der Waals surface area contributed by atoms with Crippen LogP contribution in [-0.4, -0.2) is 61.0 Å². The number of amides is 1. The molecular weight excluding hydrogens is 310 g/mol. The van der Waals surface area contributed by atoms with Gasteiger partial charge in [-0.25, -0.2) is 0 Å². The van der Waals surface area contributed by atoms with Crippen molar-refractivity contribution in [3.05, 3.63) is 17.5 Å². The van der Waals surface area contributed by atoms with Gasteiger partial charge in [0.25, 0.3) is 0 Å². The van der Waals surface area contributed by atoms with Crippen LogP contribution in [0.15, 0.2) is 10.6 Å². The Morgan fingerprint density at radius 1 is 1.46 bits per heavy atom. The first kappa shape index (κ1) is 17.4. The van der Waals surface area contributed by atoms with E-state index in [0.717, 1.165) is 56.8 Å². The van der Waals surface area contributed by atoms with Gasteiger partial charge in [-0.15, -0.1) is 0 Å². The first-order valence-electron chi connectivity index (χ1n) is 8.69. The molecule has 7 nitrogen and oxygen atoms in total. The van der Waals surface area contributed by atoms with Gasteiger partial charge in [-0.05, 0) is 32.6 Å². The Morgan fingerprint density at radius 2 is 2.25 bits per heavy atom. The van der Waals surface area contributed by atoms with Crippen molar-refractivity contribution in [3.63, 3.8) is 0 Å². The first-order chi connectivity index (χ1) is 11.6. The number of likely N-dealkylation sites (tertiary alicyclic amines) is 1. The quantitative estimate of drug-likeness (QED) is 0.788. The Bertz CT molecular complexity index is 552. The number of ether oxygens (including phenoxy) is 2. The van der Waals surface area contributed by atoms with Crippen LogP contribution in [0.25, 0.3) is 0 Å². The standard InChI is InChI=1S/C17H27N3O4/c1-13-11-14(19-24-13)12-20-8-5-17(6-9-20)4-3-15(23-17)16(21)18-7-10-22-2/h11,15H,3-10,12H2,1-2H3,(H,18,21)/t15-/m1/s1. The predicted molar refractivity (Wildman–Crippen MR) is 87.5 cm³/mol. The number of carbonyl (C=O) groups excluding carboxylic acids is 1. The first-order valence-corrected chi connectivity index (χ1v) is 8.69. The van der Waals surface area contributed by atoms with E-state index in [9.17, 15) is 4.79 Å². The second kappa shape index (κ2) is 7.63. The van der Waals surface area contributed by atoms with Crippen LogP contribution in [0.1, 0.15) is 37.1 Å². The van der Waals surface area contributed by atoms with Crippen LogP contribution < -0.4 is 5.32 Å². The smallest absolute Gasteiger partial charge is 0.249 e. The van der Waals surface area contributed by atoms with Gasteiger partial charge in [-0.2, -0.15) is 0 Å². The van der Waals surface area contributed by atoms with E-state index >= 15 is 0 Å². The van der Waals surface area contributed by atoms with E-state index in [1.807, 2.05) is 13.0 Å². The molecule has 134 valence electrons. The molecule has 24 heavy (non-hydrogen) atoms. The Hall–Kier alpha value is -1.44. The van der Waals surface area contributed by atoms with Gasteiger partial charge in [-0.3, -0.25) is 9.69 Å². The molecule has 0 bridgehead atoms. The minimum atomic E-state index is -0.313. The summed E-state index contributed by atoms with van der Waals surface area (Å²) in [6.07, 6.45) is 3.39. The summed E-state index contributed by atoms with van der Waals surface area (Å²) >= 11 is 0. The lowest BCUT2D eigenvalue weighted by Gasteiger charge is -2.38. The average Bonchev–Trinajstić information content (AvgIpc) is 3.17. The van der Waals surface area contributed by atoms with Crippen LogP contribution in [0, 0.1) is 6.92 Å². The largest absolute Gasteiger partial charge is 0.383 e. The second-order valence-electron chi connectivity index (χ2n) is 6.82. The van der Waals surface area contributed by atoms with E-state index in [2.05, 4.69) is 15.4 Å². The van der Waals surface area contributed by atoms with Crippen molar-refractivity contribution in [2.45, 2.75) is 50.9 Å². The molecule has 0 unspecified atom stereocenters. The van der Waals surface area contributed by atoms with Crippen molar-refractivity contribution >= 4 is 5.91 Å². The minimum Gasteiger partial charge on any atom is -0.383 e. The SMILES string of the molecule is COCCNC(=O)[C@H]1CCC2(CCN(Cc3cc(C)on3)CC2)O1. The van der Waals surface area contributed by atoms with Gasteiger partial charge < -0.3 is 19.3 Å². The normalized spacial score (nSPS) is 23.7. The number of carbonyl (C=O) groups is 1. The van der Waals surface area contributed by atoms with Crippen LogP contribution in [0.5, 0.6) is 0 Å². The van der Waals surface area contributed by atoms with Crippen molar-refractivity contribution in [1.82, 2.24) is 15.4 Å². The summed E-state index contributed by atoms with van der Waals surface area (Å²) in [5.74, 6) is 0.837. The van der Waals surface area contributed by atoms with Gasteiger partial charge >= 0.3 is 0 Å². The molecule has 1 spiro atoms. The number of rotatable bonds is 6. The van der Waals surface area contributed by atoms with E-state index in [1.54, 1.807) is 7.11 Å². The van der Waals surface area contributed by atoms with Crippen LogP contribution >= 0.6 is 0 Å². The van der Waals surface area contributed by atoms with Crippen molar-refractivity contribution in [1.29, 1.82) is 0 Å². The third-order valence-electron chi connectivity index (χ3n) is 4.98. The van der Waals surface area contributed by atoms with Gasteiger partial charge in [0, 0.05) is 39.4 Å². The van der Waals surface area contributed by atoms with Gasteiger partial charge in [0.05, 0.1) is 17.9 Å². The number of methoxy groups -OCH3 is 1. The maximum Gasteiger partial charge on any atom is 0.249 e. The summed E-state index contributed by atoms with van der Waals surface area (Å²) in [5.41, 5.74) is 0.852. The molecule has 2 saturated heterocycles. The molecule has 0 radical (unpaired) electrons. The maximum atomic E-state index is 12.1. The van der Waals surface area contributed by atoms with Crippen molar-refractivity contribution in [2.75, 3.05) is 33.4 Å². The molecule has 2 aliphatic heterocycles. The lowest BCUT2D eigenvalue weighted by molar-refractivity contribution is -0.141. The molecular formula is C17H27N3O4. The summed E-state index contributed by atoms with van der Waals surface area (Å²) in [6.45, 7) is 5.71. The molecule has 1 atom stereocenters. The highest BCUT2D eigenvalue weighted by Gasteiger charge is 2.44. The number of aromatic nitrogens is 1. The Morgan fingerprint density at radius 3 is 2.92 bits per heavy atom. The Balaban J connectivity index is 1.45. The maximum absolute atomic E-state index is 12.1. The summed E-state index contributed by atoms with van der Waals surface area (Å²) < 4.78 is 16.3. The van der Waals surface area contributed by atoms with Gasteiger partial charge in [0.1, 0.15) is 11.9 Å². The topological polar surface area (TPSA) is 76.8 Å². The van der Waals surface area contributed by atoms with Gasteiger partial charge in [0.2, 0.25) is 5.91 Å². The third-order valence-corrected chi connectivity index (χ3v) is 4.98. The van der Waals surface area contributed by atoms with Crippen molar-refractivity contribution in [2.24, 2.45) is 0 Å². The molecule has 0 aliphatic carbocycles. The zero-order chi connectivity index (χ0) is 17.0. The molecule has 2 fully saturated rings. The molecule has 0 saturated carbocycles. The van der Waals surface area contributed by atoms with Crippen LogP contribution in [0.2, 0.25) is 0 Å². The highest BCUT2D eigenvalue weighted by atomic mass is 16.5. The minimum absolute atomic E-state index is 0.00979. The third kappa shape index (κ3) is 4.15. The molecule has 1 aromatic rings. The second-order valence-corrected chi connectivity index (χ2v) is 6.82. The highest BCUT2D eigenvalue weighted by molar-refractivity contribution is 5.81. The van der Waals surface area contributed by atoms with Crippen LogP contribution in [0.3, 0.4) is 0 Å². The molecule has 3 heterocycles. The fourth-order valence-corrected chi connectivity index (χ4v) is 3.60. The molecule has 1 aromatic heterocycles. The number of aryl methyl sites for hydroxylation is 1. The predicted octanol–water partition coefficient (Wildman–Crippen LogP) is 1.26. The van der Waals surface area contributed by atoms with E-state index < -0.39 is 0 Å². The van der Waals surface area contributed by atoms with Crippen molar-refractivity contribution < 1.29 is 18.8 Å². The molecule has 3 rings (SSSR count). The average molecular weight is 337 g/mol. The number of nitrogens with one attached hydrogen (secondary N) is 1. The van der Waals surface area contributed by atoms with Crippen LogP contribution in [0.4, 0.5) is 0 Å². The molecule has 7 heteroatoms. The number of piperidine rings is 1. The van der Waals surface area contributed by atoms with Crippen LogP contribution in [-0.2, 0) is 20.8 Å². The summed E-state index contributed by atoms with van der Waals surface area (Å²) in [6, 6.07) is 1.98. The van der Waals surface area contributed by atoms with Crippen molar-refractivity contribution in [3.8, 4) is 0 Å². The zero-order valence-electron chi connectivity index (χ0n) is 14.5. The zero-order valence-corrected chi connectivity index (χ0v) is 14.5. The van der Waals surface area contributed by atoms with E-state index in [4.69, 9.17) is 14.0 Å². The summed E-state index contributed by atoms with van der Waals surface area (Å²) in [5, 5.41) is 6.93.